The Hall–Kier alpha value is -1.05. The van der Waals surface area contributed by atoms with Crippen LogP contribution in [-0.2, 0) is 4.79 Å². The zero-order chi connectivity index (χ0) is 8.15. The van der Waals surface area contributed by atoms with Gasteiger partial charge in [0, 0.05) is 5.57 Å². The summed E-state index contributed by atoms with van der Waals surface area (Å²) < 4.78 is 0. The molecule has 0 fully saturated rings. The highest BCUT2D eigenvalue weighted by Crippen LogP contribution is 2.00. The minimum Gasteiger partial charge on any atom is -0.366 e. The number of rotatable bonds is 3. The topological polar surface area (TPSA) is 43.1 Å². The molecule has 0 atom stereocenters. The average Bonchev–Trinajstić information content (AvgIpc) is 1.82. The van der Waals surface area contributed by atoms with Gasteiger partial charge in [-0.2, -0.15) is 0 Å². The van der Waals surface area contributed by atoms with Gasteiger partial charge in [0.15, 0.2) is 0 Å². The van der Waals surface area contributed by atoms with Crippen LogP contribution in [0.4, 0.5) is 0 Å². The van der Waals surface area contributed by atoms with E-state index < -0.39 is 0 Å². The standard InChI is InChI=1S/C8H13NO/c1-6(2)4-5-7(3)8(9)10/h5H,1,4H2,2-3H3,(H2,9,10). The van der Waals surface area contributed by atoms with E-state index in [1.54, 1.807) is 13.0 Å². The van der Waals surface area contributed by atoms with Crippen molar-refractivity contribution in [1.82, 2.24) is 0 Å². The van der Waals surface area contributed by atoms with Crippen LogP contribution in [0.3, 0.4) is 0 Å². The Morgan fingerprint density at radius 2 is 2.10 bits per heavy atom. The molecule has 0 bridgehead atoms. The van der Waals surface area contributed by atoms with Gasteiger partial charge in [0.2, 0.25) is 5.91 Å². The van der Waals surface area contributed by atoms with Crippen LogP contribution in [0.5, 0.6) is 0 Å². The van der Waals surface area contributed by atoms with Gasteiger partial charge in [-0.3, -0.25) is 4.79 Å². The molecule has 0 radical (unpaired) electrons. The molecule has 0 aromatic rings. The summed E-state index contributed by atoms with van der Waals surface area (Å²) >= 11 is 0. The molecule has 0 aromatic heterocycles. The molecule has 0 unspecified atom stereocenters. The maximum absolute atomic E-state index is 10.4. The molecule has 0 saturated carbocycles. The van der Waals surface area contributed by atoms with Crippen LogP contribution in [0.2, 0.25) is 0 Å². The molecule has 2 N–H and O–H groups in total. The highest BCUT2D eigenvalue weighted by atomic mass is 16.1. The maximum atomic E-state index is 10.4. The molecule has 0 heterocycles. The number of amides is 1. The molecule has 0 spiro atoms. The zero-order valence-electron chi connectivity index (χ0n) is 6.48. The number of hydrogen-bond acceptors (Lipinski definition) is 1. The Morgan fingerprint density at radius 3 is 2.40 bits per heavy atom. The molecule has 0 aliphatic carbocycles. The van der Waals surface area contributed by atoms with Crippen molar-refractivity contribution in [3.8, 4) is 0 Å². The SMILES string of the molecule is C=C(C)CC=C(C)C(N)=O. The van der Waals surface area contributed by atoms with Gasteiger partial charge in [-0.25, -0.2) is 0 Å². The molecule has 2 nitrogen and oxygen atoms in total. The molecular weight excluding hydrogens is 126 g/mol. The Bertz CT molecular complexity index is 180. The lowest BCUT2D eigenvalue weighted by molar-refractivity contribution is -0.114. The van der Waals surface area contributed by atoms with E-state index in [0.717, 1.165) is 12.0 Å². The number of primary amides is 1. The van der Waals surface area contributed by atoms with Crippen LogP contribution < -0.4 is 5.73 Å². The zero-order valence-corrected chi connectivity index (χ0v) is 6.48. The third-order valence-corrected chi connectivity index (χ3v) is 1.15. The first-order valence-electron chi connectivity index (χ1n) is 3.15. The molecule has 0 saturated heterocycles. The minimum absolute atomic E-state index is 0.360. The van der Waals surface area contributed by atoms with Crippen LogP contribution in [0.15, 0.2) is 23.8 Å². The van der Waals surface area contributed by atoms with E-state index in [0.29, 0.717) is 5.57 Å². The Labute approximate surface area is 61.4 Å². The van der Waals surface area contributed by atoms with E-state index in [2.05, 4.69) is 6.58 Å². The number of allylic oxidation sites excluding steroid dienone is 2. The molecule has 0 rings (SSSR count). The number of nitrogens with two attached hydrogens (primary N) is 1. The molecule has 0 aromatic carbocycles. The first-order chi connectivity index (χ1) is 4.54. The van der Waals surface area contributed by atoms with Crippen molar-refractivity contribution in [2.24, 2.45) is 5.73 Å². The van der Waals surface area contributed by atoms with Crippen LogP contribution in [0, 0.1) is 0 Å². The van der Waals surface area contributed by atoms with E-state index in [4.69, 9.17) is 5.73 Å². The summed E-state index contributed by atoms with van der Waals surface area (Å²) in [6.45, 7) is 7.30. The quantitative estimate of drug-likeness (QED) is 0.466. The van der Waals surface area contributed by atoms with Gasteiger partial charge in [-0.15, -0.1) is 0 Å². The number of carbonyl (C=O) groups is 1. The smallest absolute Gasteiger partial charge is 0.244 e. The predicted octanol–water partition coefficient (Wildman–Crippen LogP) is 1.38. The van der Waals surface area contributed by atoms with Crippen LogP contribution in [0.1, 0.15) is 20.3 Å². The molecule has 0 aliphatic rings. The first-order valence-corrected chi connectivity index (χ1v) is 3.15. The summed E-state index contributed by atoms with van der Waals surface area (Å²) in [6.07, 6.45) is 2.51. The minimum atomic E-state index is -0.360. The second-order valence-electron chi connectivity index (χ2n) is 2.41. The monoisotopic (exact) mass is 139 g/mol. The van der Waals surface area contributed by atoms with Gasteiger partial charge in [-0.05, 0) is 20.3 Å². The van der Waals surface area contributed by atoms with E-state index in [9.17, 15) is 4.79 Å². The lowest BCUT2D eigenvalue weighted by Gasteiger charge is -1.93. The van der Waals surface area contributed by atoms with Gasteiger partial charge in [0.25, 0.3) is 0 Å². The van der Waals surface area contributed by atoms with Crippen molar-refractivity contribution in [2.75, 3.05) is 0 Å². The van der Waals surface area contributed by atoms with Crippen molar-refractivity contribution in [2.45, 2.75) is 20.3 Å². The van der Waals surface area contributed by atoms with E-state index in [-0.39, 0.29) is 5.91 Å². The van der Waals surface area contributed by atoms with E-state index in [1.807, 2.05) is 6.92 Å². The van der Waals surface area contributed by atoms with Crippen LogP contribution in [-0.4, -0.2) is 5.91 Å². The van der Waals surface area contributed by atoms with Gasteiger partial charge < -0.3 is 5.73 Å². The summed E-state index contributed by atoms with van der Waals surface area (Å²) in [5.41, 5.74) is 6.61. The summed E-state index contributed by atoms with van der Waals surface area (Å²) in [7, 11) is 0. The fourth-order valence-corrected chi connectivity index (χ4v) is 0.428. The van der Waals surface area contributed by atoms with Crippen molar-refractivity contribution < 1.29 is 4.79 Å². The summed E-state index contributed by atoms with van der Waals surface area (Å²) in [6, 6.07) is 0. The lowest BCUT2D eigenvalue weighted by atomic mass is 10.2. The summed E-state index contributed by atoms with van der Waals surface area (Å²) in [5.74, 6) is -0.360. The maximum Gasteiger partial charge on any atom is 0.244 e. The van der Waals surface area contributed by atoms with Gasteiger partial charge in [-0.1, -0.05) is 18.2 Å². The van der Waals surface area contributed by atoms with Crippen molar-refractivity contribution in [1.29, 1.82) is 0 Å². The second kappa shape index (κ2) is 3.88. The predicted molar refractivity (Wildman–Crippen MR) is 42.4 cm³/mol. The Morgan fingerprint density at radius 1 is 1.60 bits per heavy atom. The Kier molecular flexibility index (Phi) is 3.47. The van der Waals surface area contributed by atoms with Gasteiger partial charge in [0.05, 0.1) is 0 Å². The van der Waals surface area contributed by atoms with Crippen molar-refractivity contribution >= 4 is 5.91 Å². The highest BCUT2D eigenvalue weighted by Gasteiger charge is 1.94. The molecular formula is C8H13NO. The molecule has 56 valence electrons. The van der Waals surface area contributed by atoms with E-state index >= 15 is 0 Å². The van der Waals surface area contributed by atoms with E-state index in [1.165, 1.54) is 0 Å². The highest BCUT2D eigenvalue weighted by molar-refractivity contribution is 5.91. The molecule has 2 heteroatoms. The second-order valence-corrected chi connectivity index (χ2v) is 2.41. The first kappa shape index (κ1) is 8.95. The lowest BCUT2D eigenvalue weighted by Crippen LogP contribution is -2.11. The summed E-state index contributed by atoms with van der Waals surface area (Å²) in [4.78, 5) is 10.4. The Balaban J connectivity index is 3.92. The van der Waals surface area contributed by atoms with Crippen LogP contribution in [0.25, 0.3) is 0 Å². The van der Waals surface area contributed by atoms with Gasteiger partial charge in [0.1, 0.15) is 0 Å². The molecule has 0 aliphatic heterocycles. The molecule has 1 amide bonds. The normalized spacial score (nSPS) is 11.2. The van der Waals surface area contributed by atoms with Crippen molar-refractivity contribution in [3.63, 3.8) is 0 Å². The van der Waals surface area contributed by atoms with Crippen LogP contribution >= 0.6 is 0 Å². The third-order valence-electron chi connectivity index (χ3n) is 1.15. The largest absolute Gasteiger partial charge is 0.366 e. The number of hydrogen-bond donors (Lipinski definition) is 1. The number of carbonyl (C=O) groups excluding carboxylic acids is 1. The van der Waals surface area contributed by atoms with Crippen molar-refractivity contribution in [3.05, 3.63) is 23.8 Å². The third kappa shape index (κ3) is 3.89. The van der Waals surface area contributed by atoms with Gasteiger partial charge >= 0.3 is 0 Å². The fraction of sp³-hybridized carbons (Fsp3) is 0.375. The fourth-order valence-electron chi connectivity index (χ4n) is 0.428. The average molecular weight is 139 g/mol. The molecule has 10 heavy (non-hydrogen) atoms. The summed E-state index contributed by atoms with van der Waals surface area (Å²) in [5, 5.41) is 0.